The lowest BCUT2D eigenvalue weighted by Crippen LogP contribution is -2.31. The molecule has 0 aliphatic rings. The summed E-state index contributed by atoms with van der Waals surface area (Å²) in [6, 6.07) is 0. The number of aryl methyl sites for hydroxylation is 2. The molecule has 0 bridgehead atoms. The minimum Gasteiger partial charge on any atom is -0.395 e. The molecule has 1 amide bonds. The molecule has 0 saturated carbocycles. The second kappa shape index (κ2) is 5.95. The average Bonchev–Trinajstić information content (AvgIpc) is 2.60. The largest absolute Gasteiger partial charge is 0.395 e. The first-order valence-electron chi connectivity index (χ1n) is 5.63. The lowest BCUT2D eigenvalue weighted by molar-refractivity contribution is 0.0945. The molecule has 0 radical (unpaired) electrons. The molecule has 0 spiro atoms. The summed E-state index contributed by atoms with van der Waals surface area (Å²) in [5.74, 6) is -0.155. The number of nitrogens with one attached hydrogen (secondary N) is 1. The summed E-state index contributed by atoms with van der Waals surface area (Å²) in [4.78, 5) is 12.0. The molecule has 0 fully saturated rings. The molecule has 0 aromatic carbocycles. The Morgan fingerprint density at radius 1 is 1.65 bits per heavy atom. The molecular weight excluding hydrogens is 236 g/mol. The van der Waals surface area contributed by atoms with E-state index in [-0.39, 0.29) is 5.91 Å². The molecule has 5 nitrogen and oxygen atoms in total. The van der Waals surface area contributed by atoms with Crippen LogP contribution < -0.4 is 11.1 Å². The van der Waals surface area contributed by atoms with Gasteiger partial charge in [0.1, 0.15) is 5.69 Å². The fraction of sp³-hybridized carbons (Fsp3) is 0.636. The maximum Gasteiger partial charge on any atom is 0.271 e. The number of thioether (sulfide) groups is 1. The summed E-state index contributed by atoms with van der Waals surface area (Å²) >= 11 is 1.71. The summed E-state index contributed by atoms with van der Waals surface area (Å²) in [5.41, 5.74) is 7.62. The molecule has 6 heteroatoms. The van der Waals surface area contributed by atoms with Crippen molar-refractivity contribution in [3.05, 3.63) is 11.4 Å². The molecule has 1 aromatic heterocycles. The van der Waals surface area contributed by atoms with Gasteiger partial charge in [-0.05, 0) is 12.7 Å². The molecule has 0 saturated heterocycles. The van der Waals surface area contributed by atoms with E-state index in [0.717, 1.165) is 12.1 Å². The third-order valence-corrected chi connectivity index (χ3v) is 3.63. The van der Waals surface area contributed by atoms with E-state index in [4.69, 9.17) is 5.73 Å². The van der Waals surface area contributed by atoms with E-state index in [1.807, 2.05) is 13.2 Å². The van der Waals surface area contributed by atoms with Crippen LogP contribution in [-0.4, -0.2) is 33.7 Å². The fourth-order valence-electron chi connectivity index (χ4n) is 1.53. The Bertz CT molecular complexity index is 402. The topological polar surface area (TPSA) is 72.9 Å². The zero-order valence-electron chi connectivity index (χ0n) is 10.8. The van der Waals surface area contributed by atoms with Crippen molar-refractivity contribution in [2.75, 3.05) is 18.5 Å². The summed E-state index contributed by atoms with van der Waals surface area (Å²) in [6.07, 6.45) is 2.75. The summed E-state index contributed by atoms with van der Waals surface area (Å²) < 4.78 is 1.55. The third kappa shape index (κ3) is 3.15. The van der Waals surface area contributed by atoms with Gasteiger partial charge in [0.2, 0.25) is 0 Å². The van der Waals surface area contributed by atoms with Crippen LogP contribution >= 0.6 is 11.8 Å². The van der Waals surface area contributed by atoms with E-state index >= 15 is 0 Å². The van der Waals surface area contributed by atoms with Crippen LogP contribution in [0.2, 0.25) is 0 Å². The van der Waals surface area contributed by atoms with Crippen LogP contribution in [0.25, 0.3) is 0 Å². The maximum atomic E-state index is 12.0. The fourth-order valence-corrected chi connectivity index (χ4v) is 1.78. The summed E-state index contributed by atoms with van der Waals surface area (Å²) in [5, 5.41) is 7.48. The summed E-state index contributed by atoms with van der Waals surface area (Å²) in [6.45, 7) is 4.66. The minimum absolute atomic E-state index is 0.155. The monoisotopic (exact) mass is 256 g/mol. The number of rotatable bonds is 5. The molecule has 0 aliphatic heterocycles. The Kier molecular flexibility index (Phi) is 4.86. The second-order valence-electron chi connectivity index (χ2n) is 3.94. The van der Waals surface area contributed by atoms with Gasteiger partial charge in [-0.15, -0.1) is 0 Å². The molecule has 0 aliphatic carbocycles. The molecule has 1 heterocycles. The molecule has 1 atom stereocenters. The smallest absolute Gasteiger partial charge is 0.271 e. The van der Waals surface area contributed by atoms with E-state index in [2.05, 4.69) is 17.3 Å². The number of nitrogens with zero attached hydrogens (tertiary/aromatic N) is 2. The van der Waals surface area contributed by atoms with E-state index in [1.54, 1.807) is 23.5 Å². The Morgan fingerprint density at radius 3 is 2.76 bits per heavy atom. The number of hydrogen-bond acceptors (Lipinski definition) is 4. The lowest BCUT2D eigenvalue weighted by atomic mass is 10.2. The van der Waals surface area contributed by atoms with Crippen LogP contribution in [0.4, 0.5) is 5.69 Å². The highest BCUT2D eigenvalue weighted by Crippen LogP contribution is 2.16. The number of carbonyl (C=O) groups is 1. The van der Waals surface area contributed by atoms with Gasteiger partial charge in [0.15, 0.2) is 0 Å². The van der Waals surface area contributed by atoms with Crippen LogP contribution in [0.15, 0.2) is 0 Å². The minimum atomic E-state index is -0.155. The van der Waals surface area contributed by atoms with Crippen molar-refractivity contribution >= 4 is 23.4 Å². The molecule has 1 rings (SSSR count). The van der Waals surface area contributed by atoms with Gasteiger partial charge in [0.05, 0.1) is 11.4 Å². The van der Waals surface area contributed by atoms with Crippen molar-refractivity contribution in [1.29, 1.82) is 0 Å². The normalized spacial score (nSPS) is 12.5. The van der Waals surface area contributed by atoms with Crippen LogP contribution in [0.1, 0.15) is 30.0 Å². The van der Waals surface area contributed by atoms with Gasteiger partial charge in [-0.25, -0.2) is 0 Å². The maximum absolute atomic E-state index is 12.0. The quantitative estimate of drug-likeness (QED) is 0.826. The van der Waals surface area contributed by atoms with E-state index in [9.17, 15) is 4.79 Å². The van der Waals surface area contributed by atoms with Crippen LogP contribution in [0.3, 0.4) is 0 Å². The second-order valence-corrected chi connectivity index (χ2v) is 5.22. The SMILES string of the molecule is CCc1nn(C)c(C(=O)NCC(C)SC)c1N. The summed E-state index contributed by atoms with van der Waals surface area (Å²) in [7, 11) is 1.74. The van der Waals surface area contributed by atoms with Gasteiger partial charge in [-0.1, -0.05) is 13.8 Å². The first-order valence-corrected chi connectivity index (χ1v) is 6.92. The average molecular weight is 256 g/mol. The zero-order valence-corrected chi connectivity index (χ0v) is 11.6. The van der Waals surface area contributed by atoms with Gasteiger partial charge in [-0.3, -0.25) is 9.48 Å². The highest BCUT2D eigenvalue weighted by Gasteiger charge is 2.18. The number of nitrogen functional groups attached to an aromatic ring is 1. The van der Waals surface area contributed by atoms with E-state index in [0.29, 0.717) is 23.2 Å². The van der Waals surface area contributed by atoms with Crippen molar-refractivity contribution in [3.8, 4) is 0 Å². The zero-order chi connectivity index (χ0) is 13.0. The van der Waals surface area contributed by atoms with Crippen molar-refractivity contribution < 1.29 is 4.79 Å². The molecule has 96 valence electrons. The van der Waals surface area contributed by atoms with Gasteiger partial charge in [0, 0.05) is 18.8 Å². The van der Waals surface area contributed by atoms with Crippen LogP contribution in [0, 0.1) is 0 Å². The Hall–Kier alpha value is -1.17. The van der Waals surface area contributed by atoms with Crippen molar-refractivity contribution in [2.24, 2.45) is 7.05 Å². The highest BCUT2D eigenvalue weighted by atomic mass is 32.2. The number of carbonyl (C=O) groups excluding carboxylic acids is 1. The molecule has 1 unspecified atom stereocenters. The number of anilines is 1. The predicted molar refractivity (Wildman–Crippen MR) is 72.3 cm³/mol. The first-order chi connectivity index (χ1) is 8.01. The van der Waals surface area contributed by atoms with Crippen molar-refractivity contribution in [3.63, 3.8) is 0 Å². The Balaban J connectivity index is 2.78. The lowest BCUT2D eigenvalue weighted by Gasteiger charge is -2.10. The van der Waals surface area contributed by atoms with Crippen LogP contribution in [0.5, 0.6) is 0 Å². The molecule has 3 N–H and O–H groups in total. The van der Waals surface area contributed by atoms with Crippen molar-refractivity contribution in [2.45, 2.75) is 25.5 Å². The van der Waals surface area contributed by atoms with E-state index < -0.39 is 0 Å². The Labute approximate surface area is 106 Å². The number of amides is 1. The number of nitrogens with two attached hydrogens (primary N) is 1. The standard InChI is InChI=1S/C11H20N4OS/c1-5-8-9(12)10(15(3)14-8)11(16)13-6-7(2)17-4/h7H,5-6,12H2,1-4H3,(H,13,16). The predicted octanol–water partition coefficient (Wildman–Crippen LogP) is 1.05. The third-order valence-electron chi connectivity index (χ3n) is 2.66. The molecule has 17 heavy (non-hydrogen) atoms. The van der Waals surface area contributed by atoms with Gasteiger partial charge in [0.25, 0.3) is 5.91 Å². The van der Waals surface area contributed by atoms with E-state index in [1.165, 1.54) is 0 Å². The first kappa shape index (κ1) is 13.9. The van der Waals surface area contributed by atoms with Gasteiger partial charge < -0.3 is 11.1 Å². The van der Waals surface area contributed by atoms with Crippen molar-refractivity contribution in [1.82, 2.24) is 15.1 Å². The highest BCUT2D eigenvalue weighted by molar-refractivity contribution is 7.99. The van der Waals surface area contributed by atoms with Gasteiger partial charge >= 0.3 is 0 Å². The van der Waals surface area contributed by atoms with Gasteiger partial charge in [-0.2, -0.15) is 16.9 Å². The Morgan fingerprint density at radius 2 is 2.29 bits per heavy atom. The van der Waals surface area contributed by atoms with Crippen LogP contribution in [-0.2, 0) is 13.5 Å². The molecular formula is C11H20N4OS. The number of hydrogen-bond donors (Lipinski definition) is 2. The molecule has 1 aromatic rings. The number of aromatic nitrogens is 2.